The van der Waals surface area contributed by atoms with Crippen LogP contribution in [0.4, 0.5) is 10.1 Å². The van der Waals surface area contributed by atoms with Gasteiger partial charge in [0.25, 0.3) is 0 Å². The van der Waals surface area contributed by atoms with Crippen molar-refractivity contribution in [2.45, 2.75) is 6.92 Å². The summed E-state index contributed by atoms with van der Waals surface area (Å²) in [5.41, 5.74) is 8.33. The van der Waals surface area contributed by atoms with E-state index in [2.05, 4.69) is 15.5 Å². The fourth-order valence-corrected chi connectivity index (χ4v) is 1.99. The number of rotatable bonds is 2. The molecule has 2 N–H and O–H groups in total. The standard InChI is InChI=1S/C14H12FN5/c1-9-5-6-12(15)13(7-9)20-14(17-18-19-20)10-3-2-4-11(16)8-10/h2-8H,16H2,1H3. The van der Waals surface area contributed by atoms with Crippen molar-refractivity contribution in [3.05, 3.63) is 53.8 Å². The highest BCUT2D eigenvalue weighted by molar-refractivity contribution is 5.62. The third-order valence-corrected chi connectivity index (χ3v) is 2.94. The number of nitrogen functional groups attached to an aromatic ring is 1. The minimum atomic E-state index is -0.381. The summed E-state index contributed by atoms with van der Waals surface area (Å²) in [5.74, 6) is 0.0647. The molecule has 2 aromatic carbocycles. The molecule has 0 saturated heterocycles. The van der Waals surface area contributed by atoms with Gasteiger partial charge in [-0.25, -0.2) is 4.39 Å². The maximum atomic E-state index is 14.0. The van der Waals surface area contributed by atoms with Crippen LogP contribution >= 0.6 is 0 Å². The van der Waals surface area contributed by atoms with E-state index in [9.17, 15) is 4.39 Å². The Morgan fingerprint density at radius 3 is 2.80 bits per heavy atom. The second kappa shape index (κ2) is 4.73. The molecule has 0 aliphatic rings. The fourth-order valence-electron chi connectivity index (χ4n) is 1.99. The van der Waals surface area contributed by atoms with Gasteiger partial charge in [0.2, 0.25) is 0 Å². The van der Waals surface area contributed by atoms with Gasteiger partial charge in [-0.3, -0.25) is 0 Å². The lowest BCUT2D eigenvalue weighted by Gasteiger charge is -2.07. The summed E-state index contributed by atoms with van der Waals surface area (Å²) in [4.78, 5) is 0. The molecule has 0 radical (unpaired) electrons. The maximum Gasteiger partial charge on any atom is 0.187 e. The summed E-state index contributed by atoms with van der Waals surface area (Å²) in [6, 6.07) is 11.9. The molecule has 0 aliphatic heterocycles. The van der Waals surface area contributed by atoms with Crippen LogP contribution in [0, 0.1) is 12.7 Å². The van der Waals surface area contributed by atoms with Gasteiger partial charge < -0.3 is 5.73 Å². The van der Waals surface area contributed by atoms with Crippen LogP contribution in [-0.4, -0.2) is 20.2 Å². The Balaban J connectivity index is 2.18. The minimum Gasteiger partial charge on any atom is -0.399 e. The van der Waals surface area contributed by atoms with Gasteiger partial charge >= 0.3 is 0 Å². The first-order valence-electron chi connectivity index (χ1n) is 6.06. The van der Waals surface area contributed by atoms with Crippen molar-refractivity contribution in [3.63, 3.8) is 0 Å². The van der Waals surface area contributed by atoms with Gasteiger partial charge in [-0.05, 0) is 47.2 Å². The zero-order valence-electron chi connectivity index (χ0n) is 10.8. The predicted octanol–water partition coefficient (Wildman–Crippen LogP) is 2.36. The lowest BCUT2D eigenvalue weighted by Crippen LogP contribution is -2.03. The largest absolute Gasteiger partial charge is 0.399 e. The molecule has 3 aromatic rings. The van der Waals surface area contributed by atoms with Crippen LogP contribution in [0.15, 0.2) is 42.5 Å². The predicted molar refractivity (Wildman–Crippen MR) is 73.7 cm³/mol. The van der Waals surface area contributed by atoms with Gasteiger partial charge in [0.15, 0.2) is 5.82 Å². The number of aromatic nitrogens is 4. The Morgan fingerprint density at radius 1 is 1.15 bits per heavy atom. The molecule has 0 unspecified atom stereocenters. The van der Waals surface area contributed by atoms with E-state index >= 15 is 0 Å². The van der Waals surface area contributed by atoms with Crippen LogP contribution in [0.3, 0.4) is 0 Å². The first-order valence-corrected chi connectivity index (χ1v) is 6.06. The lowest BCUT2D eigenvalue weighted by atomic mass is 10.1. The summed E-state index contributed by atoms with van der Waals surface area (Å²) in [6.45, 7) is 1.88. The van der Waals surface area contributed by atoms with Crippen molar-refractivity contribution in [2.24, 2.45) is 0 Å². The second-order valence-corrected chi connectivity index (χ2v) is 4.49. The van der Waals surface area contributed by atoms with Gasteiger partial charge in [0.1, 0.15) is 11.5 Å². The monoisotopic (exact) mass is 269 g/mol. The summed E-state index contributed by atoms with van der Waals surface area (Å²) < 4.78 is 15.3. The SMILES string of the molecule is Cc1ccc(F)c(-n2nnnc2-c2cccc(N)c2)c1. The van der Waals surface area contributed by atoms with Gasteiger partial charge in [0.05, 0.1) is 0 Å². The summed E-state index contributed by atoms with van der Waals surface area (Å²) >= 11 is 0. The Hall–Kier alpha value is -2.76. The first kappa shape index (κ1) is 12.3. The Morgan fingerprint density at radius 2 is 2.00 bits per heavy atom. The molecule has 1 heterocycles. The van der Waals surface area contributed by atoms with E-state index in [-0.39, 0.29) is 5.82 Å². The van der Waals surface area contributed by atoms with Gasteiger partial charge in [-0.2, -0.15) is 4.68 Å². The summed E-state index contributed by atoms with van der Waals surface area (Å²) in [6.07, 6.45) is 0. The molecule has 0 amide bonds. The zero-order valence-corrected chi connectivity index (χ0v) is 10.8. The molecule has 1 aromatic heterocycles. The van der Waals surface area contributed by atoms with E-state index < -0.39 is 0 Å². The quantitative estimate of drug-likeness (QED) is 0.725. The Kier molecular flexibility index (Phi) is 2.90. The highest BCUT2D eigenvalue weighted by Gasteiger charge is 2.14. The van der Waals surface area contributed by atoms with E-state index in [0.717, 1.165) is 11.1 Å². The Bertz CT molecular complexity index is 766. The average Bonchev–Trinajstić information content (AvgIpc) is 2.90. The number of hydrogen-bond acceptors (Lipinski definition) is 4. The molecule has 0 spiro atoms. The third kappa shape index (κ3) is 2.11. The molecule has 5 nitrogen and oxygen atoms in total. The lowest BCUT2D eigenvalue weighted by molar-refractivity contribution is 0.607. The van der Waals surface area contributed by atoms with Crippen LogP contribution in [0.25, 0.3) is 17.1 Å². The molecular weight excluding hydrogens is 257 g/mol. The number of benzene rings is 2. The van der Waals surface area contributed by atoms with Crippen molar-refractivity contribution in [2.75, 3.05) is 5.73 Å². The second-order valence-electron chi connectivity index (χ2n) is 4.49. The van der Waals surface area contributed by atoms with Crippen LogP contribution in [0.5, 0.6) is 0 Å². The molecule has 20 heavy (non-hydrogen) atoms. The van der Waals surface area contributed by atoms with Gasteiger partial charge in [-0.15, -0.1) is 5.10 Å². The maximum absolute atomic E-state index is 14.0. The van der Waals surface area contributed by atoms with Crippen molar-refractivity contribution in [1.82, 2.24) is 20.2 Å². The molecule has 3 rings (SSSR count). The summed E-state index contributed by atoms with van der Waals surface area (Å²) in [7, 11) is 0. The number of nitrogens with zero attached hydrogens (tertiary/aromatic N) is 4. The van der Waals surface area contributed by atoms with E-state index in [1.807, 2.05) is 13.0 Å². The molecule has 0 saturated carbocycles. The van der Waals surface area contributed by atoms with Crippen molar-refractivity contribution in [1.29, 1.82) is 0 Å². The van der Waals surface area contributed by atoms with Crippen LogP contribution in [0.1, 0.15) is 5.56 Å². The molecule has 6 heteroatoms. The molecular formula is C14H12FN5. The molecule has 0 fully saturated rings. The van der Waals surface area contributed by atoms with Crippen molar-refractivity contribution >= 4 is 5.69 Å². The first-order chi connectivity index (χ1) is 9.65. The normalized spacial score (nSPS) is 10.7. The number of halogens is 1. The van der Waals surface area contributed by atoms with Gasteiger partial charge in [0, 0.05) is 11.3 Å². The number of tetrazole rings is 1. The molecule has 0 bridgehead atoms. The highest BCUT2D eigenvalue weighted by atomic mass is 19.1. The van der Waals surface area contributed by atoms with Gasteiger partial charge in [-0.1, -0.05) is 18.2 Å². The molecule has 0 aliphatic carbocycles. The number of hydrogen-bond donors (Lipinski definition) is 1. The summed E-state index contributed by atoms with van der Waals surface area (Å²) in [5, 5.41) is 11.5. The van der Waals surface area contributed by atoms with E-state index in [0.29, 0.717) is 17.2 Å². The number of aryl methyl sites for hydroxylation is 1. The number of nitrogens with two attached hydrogens (primary N) is 1. The van der Waals surface area contributed by atoms with Crippen LogP contribution in [0.2, 0.25) is 0 Å². The Labute approximate surface area is 114 Å². The smallest absolute Gasteiger partial charge is 0.187 e. The van der Waals surface area contributed by atoms with Crippen molar-refractivity contribution < 1.29 is 4.39 Å². The molecule has 100 valence electrons. The minimum absolute atomic E-state index is 0.312. The fraction of sp³-hybridized carbons (Fsp3) is 0.0714. The van der Waals surface area contributed by atoms with E-state index in [1.165, 1.54) is 10.7 Å². The number of anilines is 1. The van der Waals surface area contributed by atoms with Crippen molar-refractivity contribution in [3.8, 4) is 17.1 Å². The molecule has 0 atom stereocenters. The van der Waals surface area contributed by atoms with Crippen LogP contribution in [-0.2, 0) is 0 Å². The van der Waals surface area contributed by atoms with E-state index in [4.69, 9.17) is 5.73 Å². The average molecular weight is 269 g/mol. The zero-order chi connectivity index (χ0) is 14.1. The van der Waals surface area contributed by atoms with Crippen LogP contribution < -0.4 is 5.73 Å². The highest BCUT2D eigenvalue weighted by Crippen LogP contribution is 2.23. The van der Waals surface area contributed by atoms with E-state index in [1.54, 1.807) is 30.3 Å². The third-order valence-electron chi connectivity index (χ3n) is 2.94. The topological polar surface area (TPSA) is 69.6 Å².